The fourth-order valence-corrected chi connectivity index (χ4v) is 3.36. The van der Waals surface area contributed by atoms with Crippen LogP contribution in [-0.4, -0.2) is 24.5 Å². The molecule has 0 saturated carbocycles. The number of rotatable bonds is 7. The van der Waals surface area contributed by atoms with Crippen LogP contribution in [0.15, 0.2) is 51.7 Å². The van der Waals surface area contributed by atoms with Crippen molar-refractivity contribution in [3.8, 4) is 11.1 Å². The molecular formula is C22H22ClNO5. The summed E-state index contributed by atoms with van der Waals surface area (Å²) < 4.78 is 16.0. The zero-order chi connectivity index (χ0) is 21.0. The molecule has 0 saturated heterocycles. The number of hydrogen-bond acceptors (Lipinski definition) is 5. The first-order valence-electron chi connectivity index (χ1n) is 9.25. The summed E-state index contributed by atoms with van der Waals surface area (Å²) in [7, 11) is 0. The number of furan rings is 2. The van der Waals surface area contributed by atoms with E-state index >= 15 is 0 Å². The van der Waals surface area contributed by atoms with Gasteiger partial charge in [-0.25, -0.2) is 4.79 Å². The number of hydrogen-bond donors (Lipinski definition) is 1. The average molecular weight is 416 g/mol. The summed E-state index contributed by atoms with van der Waals surface area (Å²) in [6, 6.07) is 8.00. The Morgan fingerprint density at radius 1 is 1.14 bits per heavy atom. The van der Waals surface area contributed by atoms with Crippen LogP contribution in [0.2, 0.25) is 5.02 Å². The minimum absolute atomic E-state index is 0.218. The van der Waals surface area contributed by atoms with E-state index < -0.39 is 17.9 Å². The summed E-state index contributed by atoms with van der Waals surface area (Å²) in [6.45, 7) is 5.43. The molecule has 1 amide bonds. The third kappa shape index (κ3) is 4.71. The quantitative estimate of drug-likeness (QED) is 0.565. The van der Waals surface area contributed by atoms with Gasteiger partial charge in [0.15, 0.2) is 0 Å². The van der Waals surface area contributed by atoms with Crippen LogP contribution in [-0.2, 0) is 16.0 Å². The van der Waals surface area contributed by atoms with Gasteiger partial charge in [-0.15, -0.1) is 0 Å². The van der Waals surface area contributed by atoms with Gasteiger partial charge < -0.3 is 18.9 Å². The maximum Gasteiger partial charge on any atom is 0.328 e. The zero-order valence-electron chi connectivity index (χ0n) is 16.5. The molecule has 1 atom stereocenters. The van der Waals surface area contributed by atoms with E-state index in [4.69, 9.17) is 25.2 Å². The molecule has 0 aliphatic rings. The first kappa shape index (κ1) is 20.7. The van der Waals surface area contributed by atoms with Crippen LogP contribution in [0.1, 0.15) is 34.4 Å². The van der Waals surface area contributed by atoms with Crippen molar-refractivity contribution in [2.24, 2.45) is 0 Å². The minimum Gasteiger partial charge on any atom is -0.472 e. The highest BCUT2D eigenvalue weighted by atomic mass is 35.5. The molecule has 0 spiro atoms. The Labute approximate surface area is 173 Å². The Kier molecular flexibility index (Phi) is 6.44. The van der Waals surface area contributed by atoms with Crippen LogP contribution in [0.5, 0.6) is 0 Å². The highest BCUT2D eigenvalue weighted by Gasteiger charge is 2.28. The van der Waals surface area contributed by atoms with Gasteiger partial charge >= 0.3 is 5.97 Å². The Morgan fingerprint density at radius 3 is 2.48 bits per heavy atom. The normalized spacial score (nSPS) is 11.9. The lowest BCUT2D eigenvalue weighted by Gasteiger charge is -2.18. The maximum atomic E-state index is 13.1. The summed E-state index contributed by atoms with van der Waals surface area (Å²) in [5.41, 5.74) is 2.59. The first-order valence-corrected chi connectivity index (χ1v) is 9.63. The molecule has 1 aromatic carbocycles. The number of aryl methyl sites for hydroxylation is 2. The standard InChI is InChI=1S/C22H22ClNO5/c1-4-28-22(26)18(11-15-5-7-17(23)8-6-15)24-21(25)20-14(3)29-13(2)19(20)16-9-10-27-12-16/h5-10,12,18H,4,11H2,1-3H3,(H,24,25). The summed E-state index contributed by atoms with van der Waals surface area (Å²) >= 11 is 5.93. The van der Waals surface area contributed by atoms with E-state index in [0.29, 0.717) is 27.7 Å². The van der Waals surface area contributed by atoms with Crippen molar-refractivity contribution < 1.29 is 23.2 Å². The molecule has 1 N–H and O–H groups in total. The number of carbonyl (C=O) groups is 2. The van der Waals surface area contributed by atoms with Gasteiger partial charge in [0.25, 0.3) is 5.91 Å². The van der Waals surface area contributed by atoms with Crippen LogP contribution in [0.4, 0.5) is 0 Å². The van der Waals surface area contributed by atoms with Crippen molar-refractivity contribution in [2.75, 3.05) is 6.61 Å². The molecule has 0 aliphatic carbocycles. The highest BCUT2D eigenvalue weighted by Crippen LogP contribution is 2.32. The highest BCUT2D eigenvalue weighted by molar-refractivity contribution is 6.30. The first-order chi connectivity index (χ1) is 13.9. The van der Waals surface area contributed by atoms with E-state index in [1.165, 1.54) is 6.26 Å². The molecule has 0 aliphatic heterocycles. The summed E-state index contributed by atoms with van der Waals surface area (Å²) in [5, 5.41) is 3.40. The van der Waals surface area contributed by atoms with Crippen molar-refractivity contribution in [3.05, 3.63) is 70.5 Å². The van der Waals surface area contributed by atoms with Crippen LogP contribution >= 0.6 is 11.6 Å². The summed E-state index contributed by atoms with van der Waals surface area (Å²) in [5.74, 6) is 0.144. The number of amides is 1. The molecule has 1 unspecified atom stereocenters. The molecule has 29 heavy (non-hydrogen) atoms. The molecule has 152 valence electrons. The number of esters is 1. The van der Waals surface area contributed by atoms with E-state index in [-0.39, 0.29) is 13.0 Å². The van der Waals surface area contributed by atoms with Gasteiger partial charge in [0.2, 0.25) is 0 Å². The molecule has 2 heterocycles. The zero-order valence-corrected chi connectivity index (χ0v) is 17.2. The topological polar surface area (TPSA) is 81.7 Å². The van der Waals surface area contributed by atoms with E-state index in [1.807, 2.05) is 12.1 Å². The molecule has 3 aromatic rings. The van der Waals surface area contributed by atoms with Crippen molar-refractivity contribution in [1.29, 1.82) is 0 Å². The summed E-state index contributed by atoms with van der Waals surface area (Å²) in [6.07, 6.45) is 3.35. The van der Waals surface area contributed by atoms with Gasteiger partial charge in [-0.1, -0.05) is 23.7 Å². The molecule has 2 aromatic heterocycles. The van der Waals surface area contributed by atoms with Crippen molar-refractivity contribution in [2.45, 2.75) is 33.2 Å². The van der Waals surface area contributed by atoms with Crippen molar-refractivity contribution in [3.63, 3.8) is 0 Å². The van der Waals surface area contributed by atoms with Crippen molar-refractivity contribution in [1.82, 2.24) is 5.32 Å². The Balaban J connectivity index is 1.89. The van der Waals surface area contributed by atoms with Crippen LogP contribution < -0.4 is 5.32 Å². The van der Waals surface area contributed by atoms with Gasteiger partial charge in [0, 0.05) is 22.6 Å². The van der Waals surface area contributed by atoms with Crippen LogP contribution in [0.3, 0.4) is 0 Å². The fraction of sp³-hybridized carbons (Fsp3) is 0.273. The number of halogens is 1. The predicted octanol–water partition coefficient (Wildman–Crippen LogP) is 4.71. The van der Waals surface area contributed by atoms with Gasteiger partial charge in [0.05, 0.1) is 24.7 Å². The second-order valence-electron chi connectivity index (χ2n) is 6.59. The molecule has 0 radical (unpaired) electrons. The number of ether oxygens (including phenoxy) is 1. The number of benzene rings is 1. The monoisotopic (exact) mass is 415 g/mol. The third-order valence-corrected chi connectivity index (χ3v) is 4.78. The molecule has 3 rings (SSSR count). The Morgan fingerprint density at radius 2 is 1.86 bits per heavy atom. The molecule has 0 fully saturated rings. The van der Waals surface area contributed by atoms with Gasteiger partial charge in [0.1, 0.15) is 17.6 Å². The van der Waals surface area contributed by atoms with Crippen LogP contribution in [0, 0.1) is 13.8 Å². The maximum absolute atomic E-state index is 13.1. The molecule has 6 nitrogen and oxygen atoms in total. The molecule has 7 heteroatoms. The van der Waals surface area contributed by atoms with E-state index in [0.717, 1.165) is 11.1 Å². The van der Waals surface area contributed by atoms with E-state index in [9.17, 15) is 9.59 Å². The Bertz CT molecular complexity index is 989. The van der Waals surface area contributed by atoms with Crippen molar-refractivity contribution >= 4 is 23.5 Å². The van der Waals surface area contributed by atoms with Gasteiger partial charge in [-0.05, 0) is 44.5 Å². The SMILES string of the molecule is CCOC(=O)C(Cc1ccc(Cl)cc1)NC(=O)c1c(C)oc(C)c1-c1ccoc1. The lowest BCUT2D eigenvalue weighted by molar-refractivity contribution is -0.145. The average Bonchev–Trinajstić information content (AvgIpc) is 3.30. The lowest BCUT2D eigenvalue weighted by Crippen LogP contribution is -2.43. The number of nitrogens with one attached hydrogen (secondary N) is 1. The second kappa shape index (κ2) is 9.01. The lowest BCUT2D eigenvalue weighted by atomic mass is 10.0. The molecule has 0 bridgehead atoms. The number of carbonyl (C=O) groups excluding carboxylic acids is 2. The summed E-state index contributed by atoms with van der Waals surface area (Å²) in [4.78, 5) is 25.6. The predicted molar refractivity (Wildman–Crippen MR) is 109 cm³/mol. The van der Waals surface area contributed by atoms with Gasteiger partial charge in [-0.2, -0.15) is 0 Å². The van der Waals surface area contributed by atoms with Gasteiger partial charge in [-0.3, -0.25) is 4.79 Å². The smallest absolute Gasteiger partial charge is 0.328 e. The Hall–Kier alpha value is -2.99. The molecular weight excluding hydrogens is 394 g/mol. The second-order valence-corrected chi connectivity index (χ2v) is 7.02. The van der Waals surface area contributed by atoms with Crippen LogP contribution in [0.25, 0.3) is 11.1 Å². The van der Waals surface area contributed by atoms with E-state index in [2.05, 4.69) is 5.32 Å². The third-order valence-electron chi connectivity index (χ3n) is 4.53. The minimum atomic E-state index is -0.851. The fourth-order valence-electron chi connectivity index (χ4n) is 3.23. The van der Waals surface area contributed by atoms with E-state index in [1.54, 1.807) is 45.2 Å². The largest absolute Gasteiger partial charge is 0.472 e.